The van der Waals surface area contributed by atoms with Crippen LogP contribution in [0.1, 0.15) is 38.2 Å². The molecule has 0 saturated carbocycles. The Balaban J connectivity index is 1.34. The minimum Gasteiger partial charge on any atom is -0.478 e. The first-order chi connectivity index (χ1) is 17.4. The number of nitrogens with zero attached hydrogens (tertiary/aromatic N) is 1. The van der Waals surface area contributed by atoms with Crippen molar-refractivity contribution in [3.63, 3.8) is 0 Å². The first-order valence-corrected chi connectivity index (χ1v) is 12.8. The van der Waals surface area contributed by atoms with Crippen LogP contribution >= 0.6 is 39.1 Å². The van der Waals surface area contributed by atoms with Crippen molar-refractivity contribution in [3.8, 4) is 17.2 Å². The van der Waals surface area contributed by atoms with Gasteiger partial charge in [-0.05, 0) is 54.5 Å². The van der Waals surface area contributed by atoms with Crippen LogP contribution in [0, 0.1) is 6.92 Å². The maximum atomic E-state index is 13.5. The highest BCUT2D eigenvalue weighted by Gasteiger charge is 2.36. The molecule has 0 aromatic heterocycles. The second-order valence-corrected chi connectivity index (χ2v) is 10.7. The van der Waals surface area contributed by atoms with E-state index in [1.165, 1.54) is 0 Å². The molecule has 0 radical (unpaired) electrons. The van der Waals surface area contributed by atoms with Crippen LogP contribution in [0.5, 0.6) is 17.2 Å². The molecule has 3 heterocycles. The van der Waals surface area contributed by atoms with Crippen molar-refractivity contribution < 1.29 is 23.7 Å². The molecule has 3 aliphatic heterocycles. The molecular formula is C27H20BrCl2NO5. The number of allylic oxidation sites excluding steroid dienone is 1. The molecule has 0 spiro atoms. The monoisotopic (exact) mass is 587 g/mol. The van der Waals surface area contributed by atoms with Gasteiger partial charge in [-0.15, -0.1) is 0 Å². The third kappa shape index (κ3) is 4.29. The van der Waals surface area contributed by atoms with Crippen molar-refractivity contribution in [2.24, 2.45) is 0 Å². The van der Waals surface area contributed by atoms with Crippen molar-refractivity contribution in [1.82, 2.24) is 4.90 Å². The Morgan fingerprint density at radius 1 is 1.11 bits per heavy atom. The third-order valence-electron chi connectivity index (χ3n) is 6.39. The van der Waals surface area contributed by atoms with Crippen LogP contribution in [0.4, 0.5) is 0 Å². The fourth-order valence-corrected chi connectivity index (χ4v) is 5.72. The lowest BCUT2D eigenvalue weighted by Crippen LogP contribution is -2.32. The Morgan fingerprint density at radius 3 is 2.81 bits per heavy atom. The molecule has 0 fully saturated rings. The first-order valence-electron chi connectivity index (χ1n) is 11.3. The van der Waals surface area contributed by atoms with E-state index in [-0.39, 0.29) is 18.3 Å². The average Bonchev–Trinajstić information content (AvgIpc) is 3.18. The summed E-state index contributed by atoms with van der Waals surface area (Å²) in [7, 11) is 0. The molecule has 0 amide bonds. The highest BCUT2D eigenvalue weighted by atomic mass is 79.9. The number of aryl methyl sites for hydroxylation is 1. The van der Waals surface area contributed by atoms with E-state index in [0.717, 1.165) is 38.0 Å². The number of Topliss-reactive ketones (excluding diaryl/α,β-unsaturated/α-hetero) is 1. The molecule has 0 saturated heterocycles. The number of fused-ring (bicyclic) bond motifs is 4. The number of hydrogen-bond acceptors (Lipinski definition) is 6. The second-order valence-electron chi connectivity index (χ2n) is 8.90. The number of halogens is 3. The zero-order valence-corrected chi connectivity index (χ0v) is 22.3. The Labute approximate surface area is 226 Å². The molecule has 184 valence electrons. The third-order valence-corrected chi connectivity index (χ3v) is 7.43. The van der Waals surface area contributed by atoms with E-state index in [2.05, 4.69) is 20.8 Å². The van der Waals surface area contributed by atoms with Crippen LogP contribution in [0.3, 0.4) is 0 Å². The minimum atomic E-state index is -0.163. The number of carbonyl (C=O) groups is 1. The van der Waals surface area contributed by atoms with Gasteiger partial charge in [-0.1, -0.05) is 45.2 Å². The number of rotatable bonds is 3. The van der Waals surface area contributed by atoms with Gasteiger partial charge >= 0.3 is 0 Å². The van der Waals surface area contributed by atoms with Gasteiger partial charge in [-0.2, -0.15) is 0 Å². The predicted molar refractivity (Wildman–Crippen MR) is 140 cm³/mol. The van der Waals surface area contributed by atoms with Gasteiger partial charge in [0.05, 0.1) is 17.7 Å². The van der Waals surface area contributed by atoms with Gasteiger partial charge in [-0.25, -0.2) is 0 Å². The standard InChI is InChI=1S/C27H20BrCl2NO5/c1-14-4-22-20(10-31(12-34-22)9-15-2-3-19(29)8-21(15)30)27-24(14)25(32)23(36-27)7-16-5-18(28)6-17-11-33-13-35-26(16)17/h2-8H,9-13H2,1H3/b23-7-. The van der Waals surface area contributed by atoms with Crippen molar-refractivity contribution in [2.45, 2.75) is 26.6 Å². The summed E-state index contributed by atoms with van der Waals surface area (Å²) < 4.78 is 24.3. The molecule has 0 bridgehead atoms. The lowest BCUT2D eigenvalue weighted by Gasteiger charge is -2.30. The predicted octanol–water partition coefficient (Wildman–Crippen LogP) is 6.90. The van der Waals surface area contributed by atoms with E-state index in [9.17, 15) is 4.79 Å². The quantitative estimate of drug-likeness (QED) is 0.310. The van der Waals surface area contributed by atoms with E-state index in [1.54, 1.807) is 12.1 Å². The van der Waals surface area contributed by atoms with Gasteiger partial charge in [-0.3, -0.25) is 9.69 Å². The summed E-state index contributed by atoms with van der Waals surface area (Å²) >= 11 is 16.0. The van der Waals surface area contributed by atoms with Crippen molar-refractivity contribution in [3.05, 3.63) is 90.1 Å². The van der Waals surface area contributed by atoms with Crippen molar-refractivity contribution in [1.29, 1.82) is 0 Å². The van der Waals surface area contributed by atoms with Crippen LogP contribution in [0.15, 0.2) is 46.6 Å². The molecule has 6 nitrogen and oxygen atoms in total. The smallest absolute Gasteiger partial charge is 0.232 e. The zero-order valence-electron chi connectivity index (χ0n) is 19.2. The zero-order chi connectivity index (χ0) is 25.0. The summed E-state index contributed by atoms with van der Waals surface area (Å²) in [4.78, 5) is 15.6. The van der Waals surface area contributed by atoms with Crippen LogP contribution in [-0.4, -0.2) is 24.2 Å². The Hall–Kier alpha value is -2.55. The molecular weight excluding hydrogens is 569 g/mol. The van der Waals surface area contributed by atoms with E-state index in [1.807, 2.05) is 37.3 Å². The SMILES string of the molecule is Cc1cc2c(c3c1C(=O)/C(=C/c1cc(Br)cc4c1OCOC4)O3)CN(Cc1ccc(Cl)cc1Cl)CO2. The van der Waals surface area contributed by atoms with Crippen LogP contribution in [0.2, 0.25) is 10.0 Å². The molecule has 0 atom stereocenters. The van der Waals surface area contributed by atoms with Gasteiger partial charge in [0.15, 0.2) is 12.6 Å². The summed E-state index contributed by atoms with van der Waals surface area (Å²) in [5.74, 6) is 2.04. The molecule has 9 heteroatoms. The number of benzene rings is 3. The molecule has 3 aliphatic rings. The van der Waals surface area contributed by atoms with Crippen LogP contribution < -0.4 is 14.2 Å². The van der Waals surface area contributed by atoms with E-state index in [4.69, 9.17) is 42.1 Å². The largest absolute Gasteiger partial charge is 0.478 e. The second kappa shape index (κ2) is 9.39. The Bertz CT molecular complexity index is 1450. The average molecular weight is 589 g/mol. The first kappa shape index (κ1) is 23.8. The summed E-state index contributed by atoms with van der Waals surface area (Å²) in [5, 5.41) is 1.19. The highest BCUT2D eigenvalue weighted by molar-refractivity contribution is 9.10. The summed E-state index contributed by atoms with van der Waals surface area (Å²) in [5.41, 5.74) is 4.81. The fraction of sp³-hybridized carbons (Fsp3) is 0.222. The number of ketones is 1. The van der Waals surface area contributed by atoms with E-state index < -0.39 is 0 Å². The summed E-state index contributed by atoms with van der Waals surface area (Å²) in [6, 6.07) is 11.2. The molecule has 0 aliphatic carbocycles. The maximum absolute atomic E-state index is 13.5. The minimum absolute atomic E-state index is 0.163. The van der Waals surface area contributed by atoms with Gasteiger partial charge in [0, 0.05) is 38.7 Å². The van der Waals surface area contributed by atoms with Crippen molar-refractivity contribution in [2.75, 3.05) is 13.5 Å². The number of hydrogen-bond donors (Lipinski definition) is 0. The van der Waals surface area contributed by atoms with Crippen molar-refractivity contribution >= 4 is 51.0 Å². The van der Waals surface area contributed by atoms with Gasteiger partial charge in [0.2, 0.25) is 5.78 Å². The summed E-state index contributed by atoms with van der Waals surface area (Å²) in [6.45, 7) is 4.01. The van der Waals surface area contributed by atoms with Gasteiger partial charge in [0.1, 0.15) is 24.0 Å². The lowest BCUT2D eigenvalue weighted by molar-refractivity contribution is -0.0165. The van der Waals surface area contributed by atoms with Crippen LogP contribution in [0.25, 0.3) is 6.08 Å². The van der Waals surface area contributed by atoms with Gasteiger partial charge < -0.3 is 18.9 Å². The number of carbonyl (C=O) groups excluding carboxylic acids is 1. The topological polar surface area (TPSA) is 57.2 Å². The molecule has 6 rings (SSSR count). The van der Waals surface area contributed by atoms with E-state index in [0.29, 0.717) is 53.5 Å². The number of ether oxygens (including phenoxy) is 4. The molecule has 0 N–H and O–H groups in total. The van der Waals surface area contributed by atoms with Gasteiger partial charge in [0.25, 0.3) is 0 Å². The molecule has 3 aromatic carbocycles. The van der Waals surface area contributed by atoms with E-state index >= 15 is 0 Å². The normalized spacial score (nSPS) is 17.7. The highest BCUT2D eigenvalue weighted by Crippen LogP contribution is 2.45. The Morgan fingerprint density at radius 2 is 1.97 bits per heavy atom. The molecule has 0 unspecified atom stereocenters. The molecule has 36 heavy (non-hydrogen) atoms. The summed E-state index contributed by atoms with van der Waals surface area (Å²) in [6.07, 6.45) is 1.73. The molecule has 3 aromatic rings. The maximum Gasteiger partial charge on any atom is 0.232 e. The fourth-order valence-electron chi connectivity index (χ4n) is 4.73. The lowest BCUT2D eigenvalue weighted by atomic mass is 9.98. The Kier molecular flexibility index (Phi) is 6.22. The van der Waals surface area contributed by atoms with Crippen LogP contribution in [-0.2, 0) is 24.4 Å².